The summed E-state index contributed by atoms with van der Waals surface area (Å²) in [6.07, 6.45) is 1.74. The molecule has 0 N–H and O–H groups in total. The van der Waals surface area contributed by atoms with E-state index in [0.717, 1.165) is 31.8 Å². The normalized spacial score (nSPS) is 19.3. The van der Waals surface area contributed by atoms with Gasteiger partial charge in [0.05, 0.1) is 7.11 Å². The van der Waals surface area contributed by atoms with Crippen LogP contribution in [0.5, 0.6) is 0 Å². The number of hydrogen-bond donors (Lipinski definition) is 0. The van der Waals surface area contributed by atoms with E-state index in [4.69, 9.17) is 0 Å². The molecule has 1 rings (SSSR count). The minimum atomic E-state index is -0.371. The van der Waals surface area contributed by atoms with Gasteiger partial charge in [-0.05, 0) is 18.8 Å². The van der Waals surface area contributed by atoms with Crippen LogP contribution >= 0.6 is 0 Å². The first-order chi connectivity index (χ1) is 5.74. The lowest BCUT2D eigenvalue weighted by Gasteiger charge is -2.28. The predicted octanol–water partition coefficient (Wildman–Crippen LogP) is 1.42. The summed E-state index contributed by atoms with van der Waals surface area (Å²) in [7, 11) is 1.34. The smallest absolute Gasteiger partial charge is 0.306 e. The molecule has 1 aliphatic rings. The molecule has 0 bridgehead atoms. The van der Waals surface area contributed by atoms with Gasteiger partial charge < -0.3 is 4.90 Å². The van der Waals surface area contributed by atoms with Gasteiger partial charge in [-0.15, -0.1) is 0 Å². The summed E-state index contributed by atoms with van der Waals surface area (Å²) in [6, 6.07) is 0. The summed E-state index contributed by atoms with van der Waals surface area (Å²) in [5.41, 5.74) is 0. The van der Waals surface area contributed by atoms with Crippen molar-refractivity contribution >= 4 is 6.09 Å². The first-order valence-corrected chi connectivity index (χ1v) is 4.23. The van der Waals surface area contributed by atoms with E-state index in [1.807, 2.05) is 0 Å². The Morgan fingerprint density at radius 2 is 2.00 bits per heavy atom. The van der Waals surface area contributed by atoms with Gasteiger partial charge in [-0.1, -0.05) is 6.92 Å². The highest BCUT2D eigenvalue weighted by Crippen LogP contribution is 2.16. The highest BCUT2D eigenvalue weighted by molar-refractivity contribution is 5.66. The van der Waals surface area contributed by atoms with Gasteiger partial charge in [0.25, 0.3) is 0 Å². The standard InChI is InChI=1S/C8H15NO3/c1-7-3-5-9(6-4-7)8(10)12-11-2/h7H,3-6H2,1-2H3. The van der Waals surface area contributed by atoms with Crippen molar-refractivity contribution < 1.29 is 14.6 Å². The van der Waals surface area contributed by atoms with Crippen LogP contribution < -0.4 is 0 Å². The van der Waals surface area contributed by atoms with Crippen LogP contribution in [0.15, 0.2) is 0 Å². The van der Waals surface area contributed by atoms with E-state index in [2.05, 4.69) is 16.7 Å². The summed E-state index contributed by atoms with van der Waals surface area (Å²) >= 11 is 0. The van der Waals surface area contributed by atoms with Crippen molar-refractivity contribution in [3.8, 4) is 0 Å². The Bertz CT molecular complexity index is 152. The molecule has 0 saturated carbocycles. The molecule has 0 aromatic rings. The number of carbonyl (C=O) groups is 1. The molecule has 0 spiro atoms. The van der Waals surface area contributed by atoms with Crippen LogP contribution in [0.1, 0.15) is 19.8 Å². The molecule has 4 heteroatoms. The number of likely N-dealkylation sites (tertiary alicyclic amines) is 1. The van der Waals surface area contributed by atoms with E-state index < -0.39 is 0 Å². The van der Waals surface area contributed by atoms with Crippen molar-refractivity contribution in [2.45, 2.75) is 19.8 Å². The van der Waals surface area contributed by atoms with Gasteiger partial charge in [-0.2, -0.15) is 4.89 Å². The van der Waals surface area contributed by atoms with Crippen LogP contribution in [-0.2, 0) is 9.78 Å². The molecule has 1 aliphatic heterocycles. The van der Waals surface area contributed by atoms with Crippen LogP contribution in [-0.4, -0.2) is 31.2 Å². The molecule has 1 fully saturated rings. The van der Waals surface area contributed by atoms with Crippen LogP contribution in [0.2, 0.25) is 0 Å². The molecule has 0 aliphatic carbocycles. The highest BCUT2D eigenvalue weighted by Gasteiger charge is 2.21. The first-order valence-electron chi connectivity index (χ1n) is 4.23. The van der Waals surface area contributed by atoms with E-state index in [-0.39, 0.29) is 6.09 Å². The topological polar surface area (TPSA) is 38.8 Å². The Hall–Kier alpha value is -0.770. The minimum absolute atomic E-state index is 0.371. The second kappa shape index (κ2) is 4.30. The average Bonchev–Trinajstić information content (AvgIpc) is 2.06. The minimum Gasteiger partial charge on any atom is -0.306 e. The van der Waals surface area contributed by atoms with Gasteiger partial charge in [-0.25, -0.2) is 4.79 Å². The average molecular weight is 173 g/mol. The molecule has 12 heavy (non-hydrogen) atoms. The zero-order chi connectivity index (χ0) is 8.97. The SMILES string of the molecule is COOC(=O)N1CCC(C)CC1. The summed E-state index contributed by atoms with van der Waals surface area (Å²) in [5, 5.41) is 0. The molecule has 0 atom stereocenters. The second-order valence-electron chi connectivity index (χ2n) is 3.19. The molecule has 0 unspecified atom stereocenters. The van der Waals surface area contributed by atoms with Gasteiger partial charge in [0.15, 0.2) is 0 Å². The van der Waals surface area contributed by atoms with Gasteiger partial charge in [-0.3, -0.25) is 4.89 Å². The van der Waals surface area contributed by atoms with Crippen molar-refractivity contribution in [1.29, 1.82) is 0 Å². The van der Waals surface area contributed by atoms with Crippen molar-refractivity contribution in [3.05, 3.63) is 0 Å². The van der Waals surface area contributed by atoms with Gasteiger partial charge in [0.2, 0.25) is 0 Å². The van der Waals surface area contributed by atoms with E-state index in [0.29, 0.717) is 0 Å². The Morgan fingerprint density at radius 1 is 1.42 bits per heavy atom. The Morgan fingerprint density at radius 3 is 2.50 bits per heavy atom. The number of rotatable bonds is 1. The molecule has 1 heterocycles. The number of nitrogens with zero attached hydrogens (tertiary/aromatic N) is 1. The van der Waals surface area contributed by atoms with Gasteiger partial charge >= 0.3 is 6.09 Å². The first kappa shape index (κ1) is 9.32. The maximum absolute atomic E-state index is 11.1. The Kier molecular flexibility index (Phi) is 3.34. The Labute approximate surface area is 72.4 Å². The van der Waals surface area contributed by atoms with Gasteiger partial charge in [0, 0.05) is 13.1 Å². The quantitative estimate of drug-likeness (QED) is 0.444. The van der Waals surface area contributed by atoms with Crippen LogP contribution in [0.3, 0.4) is 0 Å². The predicted molar refractivity (Wildman–Crippen MR) is 43.5 cm³/mol. The summed E-state index contributed by atoms with van der Waals surface area (Å²) in [6.45, 7) is 3.76. The fraction of sp³-hybridized carbons (Fsp3) is 0.875. The number of piperidine rings is 1. The summed E-state index contributed by atoms with van der Waals surface area (Å²) < 4.78 is 0. The number of amides is 1. The molecule has 70 valence electrons. The molecular formula is C8H15NO3. The third-order valence-corrected chi connectivity index (χ3v) is 2.20. The van der Waals surface area contributed by atoms with Crippen LogP contribution in [0.25, 0.3) is 0 Å². The maximum Gasteiger partial charge on any atom is 0.441 e. The van der Waals surface area contributed by atoms with Crippen molar-refractivity contribution in [2.24, 2.45) is 5.92 Å². The van der Waals surface area contributed by atoms with E-state index in [1.54, 1.807) is 4.90 Å². The summed E-state index contributed by atoms with van der Waals surface area (Å²) in [5.74, 6) is 0.719. The lowest BCUT2D eigenvalue weighted by molar-refractivity contribution is -0.222. The van der Waals surface area contributed by atoms with E-state index in [9.17, 15) is 4.79 Å². The largest absolute Gasteiger partial charge is 0.441 e. The molecule has 0 aromatic carbocycles. The molecule has 1 saturated heterocycles. The van der Waals surface area contributed by atoms with Crippen molar-refractivity contribution in [2.75, 3.05) is 20.2 Å². The molecule has 4 nitrogen and oxygen atoms in total. The van der Waals surface area contributed by atoms with Crippen molar-refractivity contribution in [3.63, 3.8) is 0 Å². The zero-order valence-electron chi connectivity index (χ0n) is 7.58. The zero-order valence-corrected chi connectivity index (χ0v) is 7.58. The van der Waals surface area contributed by atoms with E-state index >= 15 is 0 Å². The third kappa shape index (κ3) is 2.37. The fourth-order valence-corrected chi connectivity index (χ4v) is 1.32. The number of hydrogen-bond acceptors (Lipinski definition) is 3. The molecular weight excluding hydrogens is 158 g/mol. The Balaban J connectivity index is 2.29. The molecule has 0 radical (unpaired) electrons. The third-order valence-electron chi connectivity index (χ3n) is 2.20. The highest BCUT2D eigenvalue weighted by atomic mass is 17.2. The number of carbonyl (C=O) groups excluding carboxylic acids is 1. The molecule has 1 amide bonds. The van der Waals surface area contributed by atoms with Crippen LogP contribution in [0, 0.1) is 5.92 Å². The lowest BCUT2D eigenvalue weighted by atomic mass is 10.00. The molecule has 0 aromatic heterocycles. The van der Waals surface area contributed by atoms with Crippen molar-refractivity contribution in [1.82, 2.24) is 4.90 Å². The van der Waals surface area contributed by atoms with Crippen LogP contribution in [0.4, 0.5) is 4.79 Å². The van der Waals surface area contributed by atoms with Gasteiger partial charge in [0.1, 0.15) is 0 Å². The fourth-order valence-electron chi connectivity index (χ4n) is 1.32. The monoisotopic (exact) mass is 173 g/mol. The second-order valence-corrected chi connectivity index (χ2v) is 3.19. The maximum atomic E-state index is 11.1. The van der Waals surface area contributed by atoms with E-state index in [1.165, 1.54) is 7.11 Å². The summed E-state index contributed by atoms with van der Waals surface area (Å²) in [4.78, 5) is 21.4. The lowest BCUT2D eigenvalue weighted by Crippen LogP contribution is -2.38.